The number of nitrogens with one attached hydrogen (secondary N) is 2. The van der Waals surface area contributed by atoms with Crippen molar-refractivity contribution in [1.82, 2.24) is 15.0 Å². The lowest BCUT2D eigenvalue weighted by molar-refractivity contribution is 1.14. The van der Waals surface area contributed by atoms with E-state index in [0.717, 1.165) is 29.0 Å². The average Bonchev–Trinajstić information content (AvgIpc) is 2.88. The van der Waals surface area contributed by atoms with Gasteiger partial charge in [-0.1, -0.05) is 19.1 Å². The van der Waals surface area contributed by atoms with Crippen LogP contribution in [0.4, 0.5) is 11.5 Å². The zero-order valence-corrected chi connectivity index (χ0v) is 10.1. The third kappa shape index (κ3) is 1.93. The monoisotopic (exact) mass is 238 g/mol. The highest BCUT2D eigenvalue weighted by Crippen LogP contribution is 2.22. The molecule has 0 unspecified atom stereocenters. The van der Waals surface area contributed by atoms with Crippen LogP contribution in [0.15, 0.2) is 42.9 Å². The van der Waals surface area contributed by atoms with E-state index >= 15 is 0 Å². The van der Waals surface area contributed by atoms with Crippen LogP contribution < -0.4 is 5.32 Å². The molecule has 90 valence electrons. The molecule has 3 aromatic rings. The molecule has 0 aliphatic carbocycles. The summed E-state index contributed by atoms with van der Waals surface area (Å²) in [4.78, 5) is 11.5. The molecule has 0 amide bonds. The van der Waals surface area contributed by atoms with Gasteiger partial charge in [0.05, 0.1) is 5.39 Å². The molecule has 0 radical (unpaired) electrons. The van der Waals surface area contributed by atoms with Crippen LogP contribution in [0.2, 0.25) is 0 Å². The van der Waals surface area contributed by atoms with Crippen molar-refractivity contribution < 1.29 is 0 Å². The van der Waals surface area contributed by atoms with Crippen molar-refractivity contribution in [1.29, 1.82) is 0 Å². The van der Waals surface area contributed by atoms with E-state index in [9.17, 15) is 0 Å². The van der Waals surface area contributed by atoms with Crippen molar-refractivity contribution >= 4 is 22.5 Å². The molecule has 0 fully saturated rings. The standard InChI is InChI=1S/C14H14N4/c1-2-10-4-3-5-11(8-10)18-14-12-6-7-15-13(12)16-9-17-14/h3-9H,2H2,1H3,(H2,15,16,17,18). The molecule has 1 aromatic carbocycles. The SMILES string of the molecule is CCc1cccc(Nc2ncnc3[nH]ccc23)c1. The van der Waals surface area contributed by atoms with Gasteiger partial charge in [-0.05, 0) is 30.2 Å². The predicted molar refractivity (Wildman–Crippen MR) is 73.0 cm³/mol. The molecule has 18 heavy (non-hydrogen) atoms. The third-order valence-corrected chi connectivity index (χ3v) is 2.95. The van der Waals surface area contributed by atoms with Gasteiger partial charge in [0, 0.05) is 11.9 Å². The predicted octanol–water partition coefficient (Wildman–Crippen LogP) is 3.26. The fourth-order valence-corrected chi connectivity index (χ4v) is 1.98. The number of H-pyrrole nitrogens is 1. The zero-order valence-electron chi connectivity index (χ0n) is 10.1. The molecule has 0 atom stereocenters. The number of aromatic nitrogens is 3. The Bertz CT molecular complexity index is 672. The van der Waals surface area contributed by atoms with E-state index in [-0.39, 0.29) is 0 Å². The molecule has 0 saturated carbocycles. The second kappa shape index (κ2) is 4.49. The van der Waals surface area contributed by atoms with Crippen LogP contribution in [0, 0.1) is 0 Å². The maximum Gasteiger partial charge on any atom is 0.143 e. The highest BCUT2D eigenvalue weighted by atomic mass is 15.0. The Labute approximate surface area is 105 Å². The summed E-state index contributed by atoms with van der Waals surface area (Å²) in [6.07, 6.45) is 4.46. The van der Waals surface area contributed by atoms with E-state index in [1.54, 1.807) is 6.33 Å². The number of rotatable bonds is 3. The highest BCUT2D eigenvalue weighted by Gasteiger charge is 2.04. The van der Waals surface area contributed by atoms with Gasteiger partial charge in [0.25, 0.3) is 0 Å². The first kappa shape index (κ1) is 10.8. The number of aryl methyl sites for hydroxylation is 1. The lowest BCUT2D eigenvalue weighted by Crippen LogP contribution is -1.95. The summed E-state index contributed by atoms with van der Waals surface area (Å²) in [7, 11) is 0. The highest BCUT2D eigenvalue weighted by molar-refractivity contribution is 5.88. The van der Waals surface area contributed by atoms with Gasteiger partial charge in [0.1, 0.15) is 17.8 Å². The minimum atomic E-state index is 0.828. The van der Waals surface area contributed by atoms with Gasteiger partial charge >= 0.3 is 0 Å². The molecule has 2 heterocycles. The smallest absolute Gasteiger partial charge is 0.143 e. The number of hydrogen-bond donors (Lipinski definition) is 2. The van der Waals surface area contributed by atoms with Crippen molar-refractivity contribution in [3.05, 3.63) is 48.4 Å². The van der Waals surface area contributed by atoms with Gasteiger partial charge in [-0.2, -0.15) is 0 Å². The summed E-state index contributed by atoms with van der Waals surface area (Å²) in [5, 5.41) is 4.34. The molecular weight excluding hydrogens is 224 g/mol. The largest absolute Gasteiger partial charge is 0.346 e. The summed E-state index contributed by atoms with van der Waals surface area (Å²) < 4.78 is 0. The van der Waals surface area contributed by atoms with Crippen LogP contribution in [-0.2, 0) is 6.42 Å². The summed E-state index contributed by atoms with van der Waals surface area (Å²) >= 11 is 0. The van der Waals surface area contributed by atoms with Crippen LogP contribution >= 0.6 is 0 Å². The first-order valence-electron chi connectivity index (χ1n) is 6.01. The maximum absolute atomic E-state index is 4.29. The lowest BCUT2D eigenvalue weighted by Gasteiger charge is -2.07. The fourth-order valence-electron chi connectivity index (χ4n) is 1.98. The van der Waals surface area contributed by atoms with Gasteiger partial charge in [0.2, 0.25) is 0 Å². The molecule has 4 nitrogen and oxygen atoms in total. The molecule has 0 aliphatic rings. The maximum atomic E-state index is 4.29. The minimum absolute atomic E-state index is 0.828. The second-order valence-corrected chi connectivity index (χ2v) is 4.14. The average molecular weight is 238 g/mol. The number of aromatic amines is 1. The molecule has 2 N–H and O–H groups in total. The van der Waals surface area contributed by atoms with Crippen LogP contribution in [0.25, 0.3) is 11.0 Å². The molecule has 0 spiro atoms. The van der Waals surface area contributed by atoms with Gasteiger partial charge in [-0.3, -0.25) is 0 Å². The zero-order chi connectivity index (χ0) is 12.4. The van der Waals surface area contributed by atoms with E-state index in [0.29, 0.717) is 0 Å². The first-order valence-corrected chi connectivity index (χ1v) is 6.01. The van der Waals surface area contributed by atoms with Crippen LogP contribution in [0.1, 0.15) is 12.5 Å². The molecule has 0 aliphatic heterocycles. The first-order chi connectivity index (χ1) is 8.86. The molecular formula is C14H14N4. The Hall–Kier alpha value is -2.36. The number of benzene rings is 1. The van der Waals surface area contributed by atoms with Gasteiger partial charge in [-0.15, -0.1) is 0 Å². The summed E-state index contributed by atoms with van der Waals surface area (Å²) in [5.74, 6) is 0.828. The Balaban J connectivity index is 1.98. The number of fused-ring (bicyclic) bond motifs is 1. The van der Waals surface area contributed by atoms with E-state index < -0.39 is 0 Å². The van der Waals surface area contributed by atoms with Crippen molar-refractivity contribution in [2.24, 2.45) is 0 Å². The third-order valence-electron chi connectivity index (χ3n) is 2.95. The Morgan fingerprint density at radius 1 is 1.22 bits per heavy atom. The van der Waals surface area contributed by atoms with Gasteiger partial charge in [-0.25, -0.2) is 9.97 Å². The van der Waals surface area contributed by atoms with Crippen molar-refractivity contribution in [3.8, 4) is 0 Å². The fraction of sp³-hybridized carbons (Fsp3) is 0.143. The quantitative estimate of drug-likeness (QED) is 0.736. The van der Waals surface area contributed by atoms with Crippen LogP contribution in [0.3, 0.4) is 0 Å². The molecule has 0 saturated heterocycles. The Morgan fingerprint density at radius 3 is 3.06 bits per heavy atom. The van der Waals surface area contributed by atoms with E-state index in [1.165, 1.54) is 5.56 Å². The van der Waals surface area contributed by atoms with Crippen LogP contribution in [-0.4, -0.2) is 15.0 Å². The van der Waals surface area contributed by atoms with Crippen molar-refractivity contribution in [3.63, 3.8) is 0 Å². The van der Waals surface area contributed by atoms with Gasteiger partial charge < -0.3 is 10.3 Å². The summed E-state index contributed by atoms with van der Waals surface area (Å²) in [6.45, 7) is 2.15. The van der Waals surface area contributed by atoms with E-state index in [1.807, 2.05) is 18.3 Å². The van der Waals surface area contributed by atoms with Crippen molar-refractivity contribution in [2.45, 2.75) is 13.3 Å². The Morgan fingerprint density at radius 2 is 2.17 bits per heavy atom. The topological polar surface area (TPSA) is 53.6 Å². The minimum Gasteiger partial charge on any atom is -0.346 e. The molecule has 4 heteroatoms. The molecule has 0 bridgehead atoms. The summed E-state index contributed by atoms with van der Waals surface area (Å²) in [6, 6.07) is 10.3. The number of hydrogen-bond acceptors (Lipinski definition) is 3. The van der Waals surface area contributed by atoms with E-state index in [4.69, 9.17) is 0 Å². The Kier molecular flexibility index (Phi) is 2.68. The summed E-state index contributed by atoms with van der Waals surface area (Å²) in [5.41, 5.74) is 3.20. The number of nitrogens with zero attached hydrogens (tertiary/aromatic N) is 2. The lowest BCUT2D eigenvalue weighted by atomic mass is 10.1. The second-order valence-electron chi connectivity index (χ2n) is 4.14. The molecule has 3 rings (SSSR count). The van der Waals surface area contributed by atoms with E-state index in [2.05, 4.69) is 45.4 Å². The molecule has 2 aromatic heterocycles. The van der Waals surface area contributed by atoms with Gasteiger partial charge in [0.15, 0.2) is 0 Å². The normalized spacial score (nSPS) is 10.7. The van der Waals surface area contributed by atoms with Crippen molar-refractivity contribution in [2.75, 3.05) is 5.32 Å². The van der Waals surface area contributed by atoms with Crippen LogP contribution in [0.5, 0.6) is 0 Å². The number of anilines is 2.